The zero-order chi connectivity index (χ0) is 11.3. The summed E-state index contributed by atoms with van der Waals surface area (Å²) in [6, 6.07) is 0.326. The average molecular weight is 210 g/mol. The van der Waals surface area contributed by atoms with Crippen LogP contribution in [0.3, 0.4) is 0 Å². The van der Waals surface area contributed by atoms with Crippen molar-refractivity contribution in [2.45, 2.75) is 19.4 Å². The van der Waals surface area contributed by atoms with Gasteiger partial charge in [0.05, 0.1) is 6.04 Å². The molecule has 1 aromatic rings. The van der Waals surface area contributed by atoms with Crippen LogP contribution in [0.5, 0.6) is 0 Å². The zero-order valence-corrected chi connectivity index (χ0v) is 10.2. The maximum Gasteiger partial charge on any atom is 0.125 e. The van der Waals surface area contributed by atoms with Gasteiger partial charge in [-0.25, -0.2) is 4.98 Å². The highest BCUT2D eigenvalue weighted by atomic mass is 15.1. The van der Waals surface area contributed by atoms with E-state index in [0.717, 1.165) is 18.9 Å². The topological polar surface area (TPSA) is 33.1 Å². The molecule has 1 heterocycles. The van der Waals surface area contributed by atoms with Crippen LogP contribution in [0.1, 0.15) is 25.2 Å². The molecule has 86 valence electrons. The van der Waals surface area contributed by atoms with E-state index >= 15 is 0 Å². The van der Waals surface area contributed by atoms with Gasteiger partial charge < -0.3 is 14.8 Å². The van der Waals surface area contributed by atoms with Crippen molar-refractivity contribution in [3.63, 3.8) is 0 Å². The van der Waals surface area contributed by atoms with Gasteiger partial charge in [-0.2, -0.15) is 0 Å². The third kappa shape index (κ3) is 4.01. The van der Waals surface area contributed by atoms with Gasteiger partial charge in [0.15, 0.2) is 0 Å². The molecule has 1 rings (SSSR count). The first-order valence-electron chi connectivity index (χ1n) is 5.46. The Hall–Kier alpha value is -0.870. The lowest BCUT2D eigenvalue weighted by Gasteiger charge is -2.15. The Balaban J connectivity index is 2.25. The molecule has 0 amide bonds. The quantitative estimate of drug-likeness (QED) is 0.712. The van der Waals surface area contributed by atoms with E-state index in [4.69, 9.17) is 0 Å². The fraction of sp³-hybridized carbons (Fsp3) is 0.727. The highest BCUT2D eigenvalue weighted by Gasteiger charge is 2.08. The Morgan fingerprint density at radius 2 is 2.27 bits per heavy atom. The summed E-state index contributed by atoms with van der Waals surface area (Å²) in [5, 5.41) is 3.47. The van der Waals surface area contributed by atoms with Crippen LogP contribution in [0.15, 0.2) is 12.4 Å². The highest BCUT2D eigenvalue weighted by molar-refractivity contribution is 4.96. The molecule has 0 aliphatic carbocycles. The van der Waals surface area contributed by atoms with Crippen molar-refractivity contribution >= 4 is 0 Å². The van der Waals surface area contributed by atoms with Crippen LogP contribution >= 0.6 is 0 Å². The fourth-order valence-electron chi connectivity index (χ4n) is 1.60. The molecule has 0 spiro atoms. The summed E-state index contributed by atoms with van der Waals surface area (Å²) in [6.07, 6.45) is 4.99. The molecule has 1 atom stereocenters. The minimum Gasteiger partial charge on any atom is -0.337 e. The van der Waals surface area contributed by atoms with E-state index in [0.29, 0.717) is 6.04 Å². The number of aryl methyl sites for hydroxylation is 1. The van der Waals surface area contributed by atoms with Crippen LogP contribution in [-0.2, 0) is 7.05 Å². The summed E-state index contributed by atoms with van der Waals surface area (Å²) in [5.41, 5.74) is 0. The van der Waals surface area contributed by atoms with Gasteiger partial charge in [0, 0.05) is 19.4 Å². The second-order valence-corrected chi connectivity index (χ2v) is 4.23. The van der Waals surface area contributed by atoms with E-state index in [9.17, 15) is 0 Å². The molecule has 1 N–H and O–H groups in total. The molecule has 0 aliphatic heterocycles. The van der Waals surface area contributed by atoms with Crippen LogP contribution in [-0.4, -0.2) is 41.6 Å². The number of nitrogens with one attached hydrogen (secondary N) is 1. The molecule has 0 aromatic carbocycles. The monoisotopic (exact) mass is 210 g/mol. The normalized spacial score (nSPS) is 13.4. The standard InChI is InChI=1S/C11H22N4/c1-10(11-13-7-9-15(11)4)12-6-5-8-14(2)3/h7,9-10,12H,5-6,8H2,1-4H3. The van der Waals surface area contributed by atoms with E-state index < -0.39 is 0 Å². The molecule has 15 heavy (non-hydrogen) atoms. The minimum atomic E-state index is 0.326. The number of imidazole rings is 1. The third-order valence-corrected chi connectivity index (χ3v) is 2.48. The molecular weight excluding hydrogens is 188 g/mol. The Bertz CT molecular complexity index is 280. The molecule has 4 nitrogen and oxygen atoms in total. The van der Waals surface area contributed by atoms with Gasteiger partial charge in [0.25, 0.3) is 0 Å². The van der Waals surface area contributed by atoms with Crippen molar-refractivity contribution in [2.75, 3.05) is 27.2 Å². The number of aromatic nitrogens is 2. The highest BCUT2D eigenvalue weighted by Crippen LogP contribution is 2.07. The Morgan fingerprint density at radius 1 is 1.53 bits per heavy atom. The van der Waals surface area contributed by atoms with Crippen molar-refractivity contribution < 1.29 is 0 Å². The number of hydrogen-bond donors (Lipinski definition) is 1. The first-order valence-corrected chi connectivity index (χ1v) is 5.46. The molecule has 0 saturated carbocycles. The molecule has 4 heteroatoms. The first-order chi connectivity index (χ1) is 7.11. The summed E-state index contributed by atoms with van der Waals surface area (Å²) in [5.74, 6) is 1.10. The third-order valence-electron chi connectivity index (χ3n) is 2.48. The molecule has 0 saturated heterocycles. The van der Waals surface area contributed by atoms with E-state index in [1.54, 1.807) is 0 Å². The van der Waals surface area contributed by atoms with Gasteiger partial charge in [-0.05, 0) is 40.5 Å². The van der Waals surface area contributed by atoms with Crippen LogP contribution in [0.4, 0.5) is 0 Å². The van der Waals surface area contributed by atoms with Crippen LogP contribution < -0.4 is 5.32 Å². The Morgan fingerprint density at radius 3 is 2.80 bits per heavy atom. The van der Waals surface area contributed by atoms with Gasteiger partial charge in [-0.3, -0.25) is 0 Å². The van der Waals surface area contributed by atoms with Crippen molar-refractivity contribution in [2.24, 2.45) is 7.05 Å². The summed E-state index contributed by atoms with van der Waals surface area (Å²) < 4.78 is 2.06. The van der Waals surface area contributed by atoms with Crippen LogP contribution in [0, 0.1) is 0 Å². The van der Waals surface area contributed by atoms with Gasteiger partial charge in [0.2, 0.25) is 0 Å². The van der Waals surface area contributed by atoms with E-state index in [1.165, 1.54) is 6.42 Å². The van der Waals surface area contributed by atoms with Gasteiger partial charge in [-0.15, -0.1) is 0 Å². The fourth-order valence-corrected chi connectivity index (χ4v) is 1.60. The number of rotatable bonds is 6. The van der Waals surface area contributed by atoms with Crippen molar-refractivity contribution in [1.29, 1.82) is 0 Å². The lowest BCUT2D eigenvalue weighted by atomic mass is 10.3. The summed E-state index contributed by atoms with van der Waals surface area (Å²) >= 11 is 0. The number of hydrogen-bond acceptors (Lipinski definition) is 3. The predicted molar refractivity (Wildman–Crippen MR) is 62.8 cm³/mol. The molecule has 1 aromatic heterocycles. The Labute approximate surface area is 92.3 Å². The summed E-state index contributed by atoms with van der Waals surface area (Å²) in [6.45, 7) is 4.31. The smallest absolute Gasteiger partial charge is 0.125 e. The van der Waals surface area contributed by atoms with E-state index in [-0.39, 0.29) is 0 Å². The summed E-state index contributed by atoms with van der Waals surface area (Å²) in [4.78, 5) is 6.52. The molecule has 0 aliphatic rings. The van der Waals surface area contributed by atoms with Gasteiger partial charge >= 0.3 is 0 Å². The van der Waals surface area contributed by atoms with Gasteiger partial charge in [-0.1, -0.05) is 0 Å². The molecular formula is C11H22N4. The zero-order valence-electron chi connectivity index (χ0n) is 10.2. The second-order valence-electron chi connectivity index (χ2n) is 4.23. The second kappa shape index (κ2) is 5.88. The molecule has 0 fully saturated rings. The average Bonchev–Trinajstić information content (AvgIpc) is 2.58. The van der Waals surface area contributed by atoms with Gasteiger partial charge in [0.1, 0.15) is 5.82 Å². The van der Waals surface area contributed by atoms with Crippen LogP contribution in [0.25, 0.3) is 0 Å². The van der Waals surface area contributed by atoms with E-state index in [2.05, 4.69) is 40.8 Å². The van der Waals surface area contributed by atoms with E-state index in [1.807, 2.05) is 19.4 Å². The van der Waals surface area contributed by atoms with Crippen LogP contribution in [0.2, 0.25) is 0 Å². The maximum absolute atomic E-state index is 4.32. The first kappa shape index (κ1) is 12.2. The minimum absolute atomic E-state index is 0.326. The predicted octanol–water partition coefficient (Wildman–Crippen LogP) is 1.02. The summed E-state index contributed by atoms with van der Waals surface area (Å²) in [7, 11) is 6.23. The number of nitrogens with zero attached hydrogens (tertiary/aromatic N) is 3. The molecule has 0 bridgehead atoms. The SMILES string of the molecule is CC(NCCCN(C)C)c1nccn1C. The lowest BCUT2D eigenvalue weighted by Crippen LogP contribution is -2.25. The Kier molecular flexibility index (Phi) is 4.78. The largest absolute Gasteiger partial charge is 0.337 e. The van der Waals surface area contributed by atoms with Crippen molar-refractivity contribution in [1.82, 2.24) is 19.8 Å². The van der Waals surface area contributed by atoms with Crippen molar-refractivity contribution in [3.8, 4) is 0 Å². The maximum atomic E-state index is 4.32. The lowest BCUT2D eigenvalue weighted by molar-refractivity contribution is 0.387. The van der Waals surface area contributed by atoms with Crippen molar-refractivity contribution in [3.05, 3.63) is 18.2 Å². The molecule has 0 radical (unpaired) electrons. The molecule has 1 unspecified atom stereocenters.